The number of primary amides is 1. The second-order valence-electron chi connectivity index (χ2n) is 10.5. The third-order valence-electron chi connectivity index (χ3n) is 8.29. The first-order valence-electron chi connectivity index (χ1n) is 11.8. The molecule has 7 atom stereocenters. The molecular formula is C25H36N2O6. The molecule has 33 heavy (non-hydrogen) atoms. The molecule has 8 heteroatoms. The predicted molar refractivity (Wildman–Crippen MR) is 122 cm³/mol. The summed E-state index contributed by atoms with van der Waals surface area (Å²) in [4.78, 5) is 47.9. The highest BCUT2D eigenvalue weighted by Gasteiger charge is 2.60. The molecule has 0 aromatic heterocycles. The number of fused-ring (bicyclic) bond motifs is 2. The molecule has 0 heterocycles. The number of carbonyl (C=O) groups excluding carboxylic acids is 3. The highest BCUT2D eigenvalue weighted by atomic mass is 16.4. The molecule has 182 valence electrons. The molecule has 4 aliphatic carbocycles. The van der Waals surface area contributed by atoms with Crippen LogP contribution in [0.1, 0.15) is 65.2 Å². The number of rotatable bonds is 10. The van der Waals surface area contributed by atoms with Crippen molar-refractivity contribution in [2.24, 2.45) is 34.3 Å². The Hall–Kier alpha value is -2.48. The van der Waals surface area contributed by atoms with E-state index in [0.29, 0.717) is 25.7 Å². The minimum absolute atomic E-state index is 0.0357. The number of carbonyl (C=O) groups is 4. The summed E-state index contributed by atoms with van der Waals surface area (Å²) in [5.41, 5.74) is 5.36. The minimum Gasteiger partial charge on any atom is -0.480 e. The quantitative estimate of drug-likeness (QED) is 0.367. The van der Waals surface area contributed by atoms with Gasteiger partial charge >= 0.3 is 5.97 Å². The molecule has 0 aromatic rings. The number of amides is 2. The number of hydrogen-bond donors (Lipinski definition) is 4. The molecule has 0 radical (unpaired) electrons. The van der Waals surface area contributed by atoms with Gasteiger partial charge in [-0.3, -0.25) is 14.4 Å². The lowest BCUT2D eigenvalue weighted by Gasteiger charge is -2.60. The first-order valence-corrected chi connectivity index (χ1v) is 11.8. The SMILES string of the molecule is C=C1CC23C=CC(=O)C(C)(CCCC(C)C(=O)NC(CCC(N)=O)C(=O)O)C2CC1C(O)C3. The van der Waals surface area contributed by atoms with Gasteiger partial charge in [0.1, 0.15) is 6.04 Å². The molecule has 0 aromatic carbocycles. The van der Waals surface area contributed by atoms with Crippen molar-refractivity contribution in [3.8, 4) is 0 Å². The number of allylic oxidation sites excluding steroid dienone is 2. The van der Waals surface area contributed by atoms with Crippen LogP contribution >= 0.6 is 0 Å². The standard InChI is InChI=1S/C25H36N2O6/c1-14(22(31)27-17(23(32)33)6-7-21(26)30)5-4-9-24(3)19-11-16-15(2)12-25(19,13-18(16)28)10-8-20(24)29/h8,10,14,16-19,28H,2,4-7,9,11-13H2,1,3H3,(H2,26,30)(H,27,31)(H,32,33). The van der Waals surface area contributed by atoms with Crippen molar-refractivity contribution in [3.63, 3.8) is 0 Å². The van der Waals surface area contributed by atoms with E-state index in [0.717, 1.165) is 18.4 Å². The number of hydrogen-bond acceptors (Lipinski definition) is 5. The van der Waals surface area contributed by atoms with Gasteiger partial charge in [-0.15, -0.1) is 0 Å². The number of aliphatic carboxylic acids is 1. The summed E-state index contributed by atoms with van der Waals surface area (Å²) in [6.45, 7) is 7.92. The zero-order valence-electron chi connectivity index (χ0n) is 19.5. The lowest BCUT2D eigenvalue weighted by atomic mass is 9.44. The van der Waals surface area contributed by atoms with E-state index in [2.05, 4.69) is 11.9 Å². The van der Waals surface area contributed by atoms with Crippen LogP contribution in [-0.4, -0.2) is 45.9 Å². The normalized spacial score (nSPS) is 34.5. The number of aliphatic hydroxyl groups excluding tert-OH is 1. The first kappa shape index (κ1) is 25.1. The molecule has 4 aliphatic rings. The zero-order chi connectivity index (χ0) is 24.6. The van der Waals surface area contributed by atoms with Gasteiger partial charge in [-0.05, 0) is 55.9 Å². The van der Waals surface area contributed by atoms with Crippen molar-refractivity contribution < 1.29 is 29.4 Å². The Labute approximate surface area is 194 Å². The van der Waals surface area contributed by atoms with E-state index in [1.54, 1.807) is 13.0 Å². The van der Waals surface area contributed by atoms with Crippen LogP contribution in [0.2, 0.25) is 0 Å². The van der Waals surface area contributed by atoms with E-state index in [1.165, 1.54) is 0 Å². The van der Waals surface area contributed by atoms with Crippen LogP contribution in [0, 0.1) is 28.6 Å². The Balaban J connectivity index is 1.60. The van der Waals surface area contributed by atoms with Crippen molar-refractivity contribution in [2.75, 3.05) is 0 Å². The third-order valence-corrected chi connectivity index (χ3v) is 8.29. The summed E-state index contributed by atoms with van der Waals surface area (Å²) >= 11 is 0. The van der Waals surface area contributed by atoms with E-state index in [9.17, 15) is 29.4 Å². The number of ketones is 1. The fourth-order valence-corrected chi connectivity index (χ4v) is 6.31. The lowest BCUT2D eigenvalue weighted by Crippen LogP contribution is -2.57. The van der Waals surface area contributed by atoms with E-state index < -0.39 is 35.4 Å². The summed E-state index contributed by atoms with van der Waals surface area (Å²) in [5.74, 6) is -2.38. The Morgan fingerprint density at radius 2 is 2.03 bits per heavy atom. The Kier molecular flexibility index (Phi) is 7.17. The van der Waals surface area contributed by atoms with Crippen LogP contribution in [0.4, 0.5) is 0 Å². The van der Waals surface area contributed by atoms with Crippen molar-refractivity contribution in [1.29, 1.82) is 0 Å². The van der Waals surface area contributed by atoms with Crippen LogP contribution in [0.3, 0.4) is 0 Å². The van der Waals surface area contributed by atoms with Gasteiger partial charge in [0.2, 0.25) is 11.8 Å². The fraction of sp³-hybridized carbons (Fsp3) is 0.680. The molecule has 1 spiro atoms. The van der Waals surface area contributed by atoms with Gasteiger partial charge in [0, 0.05) is 23.7 Å². The van der Waals surface area contributed by atoms with Crippen LogP contribution in [0.25, 0.3) is 0 Å². The average molecular weight is 461 g/mol. The van der Waals surface area contributed by atoms with Gasteiger partial charge < -0.3 is 21.3 Å². The van der Waals surface area contributed by atoms with E-state index in [4.69, 9.17) is 5.73 Å². The smallest absolute Gasteiger partial charge is 0.326 e. The Bertz CT molecular complexity index is 882. The minimum atomic E-state index is -1.20. The number of carboxylic acids is 1. The summed E-state index contributed by atoms with van der Waals surface area (Å²) in [7, 11) is 0. The van der Waals surface area contributed by atoms with Crippen molar-refractivity contribution in [3.05, 3.63) is 24.3 Å². The summed E-state index contributed by atoms with van der Waals surface area (Å²) < 4.78 is 0. The molecule has 0 saturated heterocycles. The van der Waals surface area contributed by atoms with Crippen molar-refractivity contribution >= 4 is 23.6 Å². The summed E-state index contributed by atoms with van der Waals surface area (Å²) in [6, 6.07) is -1.16. The maximum Gasteiger partial charge on any atom is 0.326 e. The van der Waals surface area contributed by atoms with Crippen LogP contribution in [0.15, 0.2) is 24.3 Å². The largest absolute Gasteiger partial charge is 0.480 e. The Morgan fingerprint density at radius 3 is 2.64 bits per heavy atom. The highest BCUT2D eigenvalue weighted by Crippen LogP contribution is 2.64. The number of aliphatic hydroxyl groups is 1. The Morgan fingerprint density at radius 1 is 1.33 bits per heavy atom. The van der Waals surface area contributed by atoms with Crippen LogP contribution in [-0.2, 0) is 19.2 Å². The third kappa shape index (κ3) is 4.90. The molecule has 2 bridgehead atoms. The summed E-state index contributed by atoms with van der Waals surface area (Å²) in [6.07, 6.45) is 7.08. The maximum absolute atomic E-state index is 13.0. The second kappa shape index (κ2) is 9.41. The van der Waals surface area contributed by atoms with Crippen LogP contribution < -0.4 is 11.1 Å². The molecule has 7 unspecified atom stereocenters. The number of nitrogens with one attached hydrogen (secondary N) is 1. The van der Waals surface area contributed by atoms with E-state index in [-0.39, 0.29) is 41.8 Å². The molecule has 4 rings (SSSR count). The van der Waals surface area contributed by atoms with Gasteiger partial charge in [0.05, 0.1) is 6.10 Å². The molecular weight excluding hydrogens is 424 g/mol. The maximum atomic E-state index is 13.0. The molecule has 2 amide bonds. The number of carboxylic acid groups (broad SMARTS) is 1. The topological polar surface area (TPSA) is 147 Å². The van der Waals surface area contributed by atoms with Crippen molar-refractivity contribution in [2.45, 2.75) is 77.4 Å². The predicted octanol–water partition coefficient (Wildman–Crippen LogP) is 2.11. The molecule has 5 N–H and O–H groups in total. The average Bonchev–Trinajstić information content (AvgIpc) is 2.73. The fourth-order valence-electron chi connectivity index (χ4n) is 6.31. The van der Waals surface area contributed by atoms with E-state index in [1.807, 2.05) is 13.0 Å². The highest BCUT2D eigenvalue weighted by molar-refractivity contribution is 5.96. The molecule has 0 aliphatic heterocycles. The van der Waals surface area contributed by atoms with Gasteiger partial charge in [0.15, 0.2) is 5.78 Å². The van der Waals surface area contributed by atoms with Gasteiger partial charge in [-0.2, -0.15) is 0 Å². The summed E-state index contributed by atoms with van der Waals surface area (Å²) in [5, 5.41) is 22.3. The van der Waals surface area contributed by atoms with Gasteiger partial charge in [-0.1, -0.05) is 38.5 Å². The number of nitrogens with two attached hydrogens (primary N) is 1. The van der Waals surface area contributed by atoms with Gasteiger partial charge in [0.25, 0.3) is 0 Å². The zero-order valence-corrected chi connectivity index (χ0v) is 19.5. The van der Waals surface area contributed by atoms with Crippen LogP contribution in [0.5, 0.6) is 0 Å². The lowest BCUT2D eigenvalue weighted by molar-refractivity contribution is -0.143. The first-order chi connectivity index (χ1) is 15.4. The second-order valence-corrected chi connectivity index (χ2v) is 10.5. The van der Waals surface area contributed by atoms with Crippen molar-refractivity contribution in [1.82, 2.24) is 5.32 Å². The molecule has 8 nitrogen and oxygen atoms in total. The van der Waals surface area contributed by atoms with Gasteiger partial charge in [-0.25, -0.2) is 4.79 Å². The van der Waals surface area contributed by atoms with E-state index >= 15 is 0 Å². The molecule has 3 fully saturated rings. The molecule has 3 saturated carbocycles. The monoisotopic (exact) mass is 460 g/mol.